The van der Waals surface area contributed by atoms with Crippen molar-refractivity contribution in [2.45, 2.75) is 223 Å². The number of esters is 1. The van der Waals surface area contributed by atoms with Crippen LogP contribution in [0.15, 0.2) is 11.6 Å². The molecule has 0 aromatic heterocycles. The van der Waals surface area contributed by atoms with Gasteiger partial charge in [0.1, 0.15) is 73.2 Å². The minimum Gasteiger partial charge on any atom is -0.481 e. The molecule has 8 rings (SSSR count). The van der Waals surface area contributed by atoms with Gasteiger partial charge in [0.15, 0.2) is 18.9 Å². The van der Waals surface area contributed by atoms with Gasteiger partial charge in [-0.2, -0.15) is 0 Å². The summed E-state index contributed by atoms with van der Waals surface area (Å²) in [6.07, 6.45) is -19.0. The minimum atomic E-state index is -1.94. The number of hydrogen-bond donors (Lipinski definition) is 13. The Hall–Kier alpha value is -2.08. The first-order valence-corrected chi connectivity index (χ1v) is 27.2. The quantitative estimate of drug-likeness (QED) is 0.0379. The van der Waals surface area contributed by atoms with Crippen molar-refractivity contribution in [2.75, 3.05) is 33.0 Å². The van der Waals surface area contributed by atoms with Gasteiger partial charge < -0.3 is 104 Å². The molecule has 8 aliphatic rings. The highest BCUT2D eigenvalue weighted by Crippen LogP contribution is 2.76. The van der Waals surface area contributed by atoms with Crippen LogP contribution >= 0.6 is 0 Å². The van der Waals surface area contributed by atoms with Crippen LogP contribution in [0.5, 0.6) is 0 Å². The van der Waals surface area contributed by atoms with Crippen LogP contribution in [0.1, 0.15) is 113 Å². The Balaban J connectivity index is 0.981. The van der Waals surface area contributed by atoms with Crippen LogP contribution in [0.3, 0.4) is 0 Å². The molecule has 5 aliphatic carbocycles. The lowest BCUT2D eigenvalue weighted by atomic mass is 9.33. The van der Waals surface area contributed by atoms with E-state index in [0.29, 0.717) is 25.7 Å². The predicted molar refractivity (Wildman–Crippen MR) is 260 cm³/mol. The summed E-state index contributed by atoms with van der Waals surface area (Å²) < 4.78 is 46.7. The van der Waals surface area contributed by atoms with Gasteiger partial charge in [-0.1, -0.05) is 46.3 Å². The molecule has 0 bridgehead atoms. The topological polar surface area (TPSA) is 371 Å². The van der Waals surface area contributed by atoms with Crippen molar-refractivity contribution < 1.29 is 114 Å². The standard InChI is InChI=1S/C53H86O23/c1-24-35(58)38(61)41(64)44(71-24)73-29(20-55)28(19-54)72-34(21-56)69-23-30-37(60)39(62)42(65)45(74-30)76-47(68)53-16-14-49(4,46(66)67)18-26(53)25-8-9-32-50(5)12-11-33(75-43-40(63)36(59)27(57)22-70-43)48(2,3)31(50)10-13-52(32,7)51(25,6)15-17-53/h8,24,26-45,54-65H,9-23H2,1-7H3,(H,66,67). The van der Waals surface area contributed by atoms with Gasteiger partial charge in [-0.15, -0.1) is 0 Å². The van der Waals surface area contributed by atoms with E-state index in [1.54, 1.807) is 6.92 Å². The van der Waals surface area contributed by atoms with Gasteiger partial charge in [-0.25, -0.2) is 0 Å². The molecule has 13 N–H and O–H groups in total. The summed E-state index contributed by atoms with van der Waals surface area (Å²) in [6.45, 7) is 11.1. The van der Waals surface area contributed by atoms with E-state index in [2.05, 4.69) is 40.7 Å². The van der Waals surface area contributed by atoms with E-state index in [1.807, 2.05) is 0 Å². The Labute approximate surface area is 443 Å². The molecule has 3 heterocycles. The van der Waals surface area contributed by atoms with Crippen molar-refractivity contribution in [3.05, 3.63) is 11.6 Å². The number of rotatable bonds is 16. The van der Waals surface area contributed by atoms with E-state index < -0.39 is 165 Å². The van der Waals surface area contributed by atoms with Gasteiger partial charge in [0.05, 0.1) is 56.1 Å². The van der Waals surface area contributed by atoms with Gasteiger partial charge in [0.2, 0.25) is 6.29 Å². The molecule has 76 heavy (non-hydrogen) atoms. The minimum absolute atomic E-state index is 0.135. The lowest BCUT2D eigenvalue weighted by molar-refractivity contribution is -0.326. The monoisotopic (exact) mass is 1090 g/mol. The van der Waals surface area contributed by atoms with Gasteiger partial charge >= 0.3 is 11.9 Å². The highest BCUT2D eigenvalue weighted by molar-refractivity contribution is 5.81. The molecule has 0 aromatic carbocycles. The first-order valence-electron chi connectivity index (χ1n) is 27.2. The second-order valence-electron chi connectivity index (χ2n) is 25.1. The summed E-state index contributed by atoms with van der Waals surface area (Å²) in [4.78, 5) is 28.2. The van der Waals surface area contributed by atoms with E-state index in [4.69, 9.17) is 37.9 Å². The number of hydrogen-bond acceptors (Lipinski definition) is 22. The van der Waals surface area contributed by atoms with Crippen molar-refractivity contribution in [3.63, 3.8) is 0 Å². The third kappa shape index (κ3) is 10.1. The zero-order valence-corrected chi connectivity index (χ0v) is 44.7. The molecule has 0 spiro atoms. The van der Waals surface area contributed by atoms with Gasteiger partial charge in [-0.3, -0.25) is 9.59 Å². The molecule has 23 heteroatoms. The molecule has 4 saturated carbocycles. The number of aliphatic carboxylic acids is 1. The van der Waals surface area contributed by atoms with Crippen molar-refractivity contribution in [1.82, 2.24) is 0 Å². The van der Waals surface area contributed by atoms with Crippen LogP contribution in [0.25, 0.3) is 0 Å². The van der Waals surface area contributed by atoms with Crippen LogP contribution in [-0.4, -0.2) is 222 Å². The maximum Gasteiger partial charge on any atom is 0.315 e. The predicted octanol–water partition coefficient (Wildman–Crippen LogP) is -1.05. The number of carboxylic acids is 1. The van der Waals surface area contributed by atoms with Crippen LogP contribution in [0, 0.1) is 50.2 Å². The second-order valence-corrected chi connectivity index (χ2v) is 25.1. The summed E-state index contributed by atoms with van der Waals surface area (Å²) >= 11 is 0. The molecular formula is C53H86O23. The number of ether oxygens (including phenoxy) is 8. The van der Waals surface area contributed by atoms with E-state index in [0.717, 1.165) is 24.8 Å². The van der Waals surface area contributed by atoms with Crippen LogP contribution in [0.4, 0.5) is 0 Å². The number of aliphatic hydroxyl groups excluding tert-OH is 12. The Bertz CT molecular complexity index is 2080. The number of carbonyl (C=O) groups is 2. The summed E-state index contributed by atoms with van der Waals surface area (Å²) in [5, 5.41) is 137. The summed E-state index contributed by atoms with van der Waals surface area (Å²) in [7, 11) is 0. The molecule has 0 radical (unpaired) electrons. The zero-order valence-electron chi connectivity index (χ0n) is 44.7. The van der Waals surface area contributed by atoms with Gasteiger partial charge in [0.25, 0.3) is 0 Å². The Morgan fingerprint density at radius 3 is 2.00 bits per heavy atom. The third-order valence-corrected chi connectivity index (χ3v) is 20.7. The molecule has 0 aromatic rings. The molecule has 7 fully saturated rings. The Morgan fingerprint density at radius 1 is 0.697 bits per heavy atom. The fourth-order valence-electron chi connectivity index (χ4n) is 15.6. The van der Waals surface area contributed by atoms with Gasteiger partial charge in [-0.05, 0) is 117 Å². The fraction of sp³-hybridized carbons (Fsp3) is 0.925. The number of carboxylic acid groups (broad SMARTS) is 1. The molecule has 3 aliphatic heterocycles. The average molecular weight is 1090 g/mol. The van der Waals surface area contributed by atoms with E-state index in [9.17, 15) is 71.2 Å². The third-order valence-electron chi connectivity index (χ3n) is 20.7. The van der Waals surface area contributed by atoms with Gasteiger partial charge in [0, 0.05) is 0 Å². The van der Waals surface area contributed by atoms with Crippen molar-refractivity contribution in [1.29, 1.82) is 0 Å². The largest absolute Gasteiger partial charge is 0.481 e. The summed E-state index contributed by atoms with van der Waals surface area (Å²) in [6, 6.07) is 0. The summed E-state index contributed by atoms with van der Waals surface area (Å²) in [5.74, 6) is -1.96. The Kier molecular flexibility index (Phi) is 17.6. The van der Waals surface area contributed by atoms with Crippen molar-refractivity contribution >= 4 is 11.9 Å². The molecule has 23 nitrogen and oxygen atoms in total. The average Bonchev–Trinajstić information content (AvgIpc) is 3.40. The van der Waals surface area contributed by atoms with E-state index in [-0.39, 0.29) is 60.1 Å². The summed E-state index contributed by atoms with van der Waals surface area (Å²) in [5.41, 5.74) is -2.78. The number of fused-ring (bicyclic) bond motifs is 7. The maximum absolute atomic E-state index is 15.1. The molecule has 26 unspecified atom stereocenters. The zero-order chi connectivity index (χ0) is 55.8. The number of allylic oxidation sites excluding steroid dienone is 2. The molecule has 26 atom stereocenters. The Morgan fingerprint density at radius 2 is 1.34 bits per heavy atom. The highest BCUT2D eigenvalue weighted by Gasteiger charge is 2.70. The van der Waals surface area contributed by atoms with Crippen LogP contribution in [-0.2, 0) is 47.5 Å². The van der Waals surface area contributed by atoms with E-state index >= 15 is 4.79 Å². The number of aliphatic hydroxyl groups is 12. The maximum atomic E-state index is 15.1. The lowest BCUT2D eigenvalue weighted by Crippen LogP contribution is -2.66. The normalized spacial score (nSPS) is 49.4. The van der Waals surface area contributed by atoms with Crippen molar-refractivity contribution in [2.24, 2.45) is 50.2 Å². The SMILES string of the molecule is CC1OC(OC(CO)C(CO)OC(CO)OCC2OC(OC(=O)C34CCC(C)(C(=O)O)CC3C3=CCC5C6(C)CCC(OC7OCC(O)C(O)C7O)C(C)(C)C6CCC5(C)C3(C)CC4)C(O)C(O)C2O)C(O)C(O)C1O. The first-order chi connectivity index (χ1) is 35.6. The second kappa shape index (κ2) is 22.3. The molecule has 436 valence electrons. The molecule has 0 amide bonds. The van der Waals surface area contributed by atoms with E-state index in [1.165, 1.54) is 6.92 Å². The van der Waals surface area contributed by atoms with Crippen molar-refractivity contribution in [3.8, 4) is 0 Å². The van der Waals surface area contributed by atoms with Crippen LogP contribution in [0.2, 0.25) is 0 Å². The fourth-order valence-corrected chi connectivity index (χ4v) is 15.6. The highest BCUT2D eigenvalue weighted by atomic mass is 16.8. The molecule has 3 saturated heterocycles. The smallest absolute Gasteiger partial charge is 0.315 e. The van der Waals surface area contributed by atoms with Crippen LogP contribution < -0.4 is 0 Å². The number of carbonyl (C=O) groups excluding carboxylic acids is 1. The molecular weight excluding hydrogens is 1000 g/mol. The lowest BCUT2D eigenvalue weighted by Gasteiger charge is -2.71. The first kappa shape index (κ1) is 60.0.